The quantitative estimate of drug-likeness (QED) is 0.895. The Bertz CT molecular complexity index is 591. The van der Waals surface area contributed by atoms with Crippen LogP contribution in [0, 0.1) is 0 Å². The highest BCUT2D eigenvalue weighted by molar-refractivity contribution is 5.87. The van der Waals surface area contributed by atoms with Crippen LogP contribution in [0.1, 0.15) is 18.4 Å². The minimum Gasteiger partial charge on any atom is -0.464 e. The van der Waals surface area contributed by atoms with E-state index in [0.717, 1.165) is 35.9 Å². The molecule has 100 valence electrons. The Labute approximate surface area is 112 Å². The fourth-order valence-corrected chi connectivity index (χ4v) is 2.68. The van der Waals surface area contributed by atoms with Crippen LogP contribution in [0.15, 0.2) is 34.9 Å². The van der Waals surface area contributed by atoms with Gasteiger partial charge in [0.05, 0.1) is 12.7 Å². The van der Waals surface area contributed by atoms with Crippen LogP contribution in [0.4, 0.5) is 0 Å². The van der Waals surface area contributed by atoms with Crippen molar-refractivity contribution in [2.24, 2.45) is 5.73 Å². The van der Waals surface area contributed by atoms with E-state index in [9.17, 15) is 4.79 Å². The number of amides is 1. The number of furan rings is 1. The highest BCUT2D eigenvalue weighted by atomic mass is 16.3. The van der Waals surface area contributed by atoms with Crippen molar-refractivity contribution in [2.75, 3.05) is 13.1 Å². The van der Waals surface area contributed by atoms with Crippen LogP contribution in [0.25, 0.3) is 11.0 Å². The van der Waals surface area contributed by atoms with Crippen LogP contribution in [0.5, 0.6) is 0 Å². The first-order chi connectivity index (χ1) is 9.24. The summed E-state index contributed by atoms with van der Waals surface area (Å²) in [5.41, 5.74) is 7.71. The maximum absolute atomic E-state index is 12.3. The molecule has 4 nitrogen and oxygen atoms in total. The molecule has 0 bridgehead atoms. The summed E-state index contributed by atoms with van der Waals surface area (Å²) in [6.45, 7) is 1.50. The zero-order valence-corrected chi connectivity index (χ0v) is 10.8. The van der Waals surface area contributed by atoms with E-state index in [-0.39, 0.29) is 11.9 Å². The summed E-state index contributed by atoms with van der Waals surface area (Å²) < 4.78 is 5.46. The van der Waals surface area contributed by atoms with Crippen molar-refractivity contribution in [2.45, 2.75) is 25.3 Å². The molecule has 1 aliphatic heterocycles. The number of hydrogen-bond donors (Lipinski definition) is 1. The molecule has 1 aromatic heterocycles. The Morgan fingerprint density at radius 3 is 3.11 bits per heavy atom. The predicted molar refractivity (Wildman–Crippen MR) is 73.7 cm³/mol. The molecule has 1 fully saturated rings. The molecule has 19 heavy (non-hydrogen) atoms. The van der Waals surface area contributed by atoms with Crippen molar-refractivity contribution in [3.8, 4) is 0 Å². The van der Waals surface area contributed by atoms with Crippen LogP contribution in [-0.4, -0.2) is 29.9 Å². The summed E-state index contributed by atoms with van der Waals surface area (Å²) in [7, 11) is 0. The molecular weight excluding hydrogens is 240 g/mol. The van der Waals surface area contributed by atoms with Gasteiger partial charge < -0.3 is 15.1 Å². The van der Waals surface area contributed by atoms with Crippen molar-refractivity contribution in [1.82, 2.24) is 4.90 Å². The van der Waals surface area contributed by atoms with Crippen molar-refractivity contribution in [3.63, 3.8) is 0 Å². The van der Waals surface area contributed by atoms with E-state index in [1.165, 1.54) is 0 Å². The van der Waals surface area contributed by atoms with Gasteiger partial charge in [-0.3, -0.25) is 4.79 Å². The third-order valence-electron chi connectivity index (χ3n) is 3.71. The number of para-hydroxylation sites is 1. The van der Waals surface area contributed by atoms with Crippen LogP contribution in [0.2, 0.25) is 0 Å². The second-order valence-corrected chi connectivity index (χ2v) is 5.18. The molecule has 1 saturated heterocycles. The molecule has 0 radical (unpaired) electrons. The third-order valence-corrected chi connectivity index (χ3v) is 3.71. The lowest BCUT2D eigenvalue weighted by Crippen LogP contribution is -2.46. The number of benzene rings is 1. The van der Waals surface area contributed by atoms with Crippen LogP contribution in [0.3, 0.4) is 0 Å². The van der Waals surface area contributed by atoms with Crippen molar-refractivity contribution in [3.05, 3.63) is 36.1 Å². The van der Waals surface area contributed by atoms with Crippen molar-refractivity contribution >= 4 is 16.9 Å². The first-order valence-corrected chi connectivity index (χ1v) is 6.72. The molecule has 1 atom stereocenters. The molecule has 2 aromatic rings. The van der Waals surface area contributed by atoms with E-state index in [4.69, 9.17) is 10.2 Å². The van der Waals surface area contributed by atoms with Gasteiger partial charge in [-0.05, 0) is 18.9 Å². The molecule has 1 aliphatic rings. The van der Waals surface area contributed by atoms with Gasteiger partial charge in [0.15, 0.2) is 0 Å². The fraction of sp³-hybridized carbons (Fsp3) is 0.400. The first kappa shape index (κ1) is 12.2. The standard InChI is InChI=1S/C15H18N2O2/c16-12-4-3-7-17(9-12)15(18)8-11-10-19-14-6-2-1-5-13(11)14/h1-2,5-6,10,12H,3-4,7-9,16H2. The minimum absolute atomic E-state index is 0.124. The highest BCUT2D eigenvalue weighted by Gasteiger charge is 2.22. The van der Waals surface area contributed by atoms with Gasteiger partial charge in [-0.15, -0.1) is 0 Å². The van der Waals surface area contributed by atoms with Crippen LogP contribution >= 0.6 is 0 Å². The molecule has 1 amide bonds. The molecule has 2 N–H and O–H groups in total. The highest BCUT2D eigenvalue weighted by Crippen LogP contribution is 2.22. The Morgan fingerprint density at radius 2 is 2.26 bits per heavy atom. The fourth-order valence-electron chi connectivity index (χ4n) is 2.68. The predicted octanol–water partition coefficient (Wildman–Crippen LogP) is 1.92. The number of hydrogen-bond acceptors (Lipinski definition) is 3. The first-order valence-electron chi connectivity index (χ1n) is 6.72. The summed E-state index contributed by atoms with van der Waals surface area (Å²) >= 11 is 0. The maximum Gasteiger partial charge on any atom is 0.227 e. The molecule has 3 rings (SSSR count). The number of nitrogens with two attached hydrogens (primary N) is 1. The van der Waals surface area contributed by atoms with Gasteiger partial charge in [0.25, 0.3) is 0 Å². The summed E-state index contributed by atoms with van der Waals surface area (Å²) in [5.74, 6) is 0.140. The molecular formula is C15H18N2O2. The number of fused-ring (bicyclic) bond motifs is 1. The molecule has 2 heterocycles. The van der Waals surface area contributed by atoms with E-state index in [1.54, 1.807) is 6.26 Å². The molecule has 1 unspecified atom stereocenters. The van der Waals surface area contributed by atoms with Gasteiger partial charge in [-0.1, -0.05) is 18.2 Å². The molecule has 4 heteroatoms. The number of nitrogens with zero attached hydrogens (tertiary/aromatic N) is 1. The van der Waals surface area contributed by atoms with E-state index < -0.39 is 0 Å². The zero-order chi connectivity index (χ0) is 13.2. The Kier molecular flexibility index (Phi) is 3.25. The zero-order valence-electron chi connectivity index (χ0n) is 10.8. The SMILES string of the molecule is NC1CCCN(C(=O)Cc2coc3ccccc23)C1. The second-order valence-electron chi connectivity index (χ2n) is 5.18. The lowest BCUT2D eigenvalue weighted by Gasteiger charge is -2.30. The number of carbonyl (C=O) groups excluding carboxylic acids is 1. The van der Waals surface area contributed by atoms with Crippen molar-refractivity contribution in [1.29, 1.82) is 0 Å². The normalized spacial score (nSPS) is 19.8. The summed E-state index contributed by atoms with van der Waals surface area (Å²) in [4.78, 5) is 14.2. The largest absolute Gasteiger partial charge is 0.464 e. The number of carbonyl (C=O) groups is 1. The van der Waals surface area contributed by atoms with Gasteiger partial charge in [-0.2, -0.15) is 0 Å². The number of piperidine rings is 1. The Balaban J connectivity index is 1.75. The molecule has 1 aromatic carbocycles. The summed E-state index contributed by atoms with van der Waals surface area (Å²) in [6, 6.07) is 7.92. The van der Waals surface area contributed by atoms with E-state index in [1.807, 2.05) is 29.2 Å². The van der Waals surface area contributed by atoms with Gasteiger partial charge >= 0.3 is 0 Å². The lowest BCUT2D eigenvalue weighted by atomic mass is 10.0. The summed E-state index contributed by atoms with van der Waals surface area (Å²) in [5, 5.41) is 1.03. The van der Waals surface area contributed by atoms with Gasteiger partial charge in [0.1, 0.15) is 5.58 Å². The average molecular weight is 258 g/mol. The second kappa shape index (κ2) is 5.05. The Morgan fingerprint density at radius 1 is 1.42 bits per heavy atom. The molecule has 0 saturated carbocycles. The van der Waals surface area contributed by atoms with E-state index in [0.29, 0.717) is 13.0 Å². The van der Waals surface area contributed by atoms with E-state index in [2.05, 4.69) is 0 Å². The summed E-state index contributed by atoms with van der Waals surface area (Å²) in [6.07, 6.45) is 4.09. The topological polar surface area (TPSA) is 59.5 Å². The lowest BCUT2D eigenvalue weighted by molar-refractivity contribution is -0.131. The van der Waals surface area contributed by atoms with Crippen LogP contribution < -0.4 is 5.73 Å². The Hall–Kier alpha value is -1.81. The van der Waals surface area contributed by atoms with E-state index >= 15 is 0 Å². The monoisotopic (exact) mass is 258 g/mol. The number of rotatable bonds is 2. The van der Waals surface area contributed by atoms with Gasteiger partial charge in [0.2, 0.25) is 5.91 Å². The molecule has 0 spiro atoms. The average Bonchev–Trinajstić information content (AvgIpc) is 2.82. The maximum atomic E-state index is 12.3. The van der Waals surface area contributed by atoms with Gasteiger partial charge in [-0.25, -0.2) is 0 Å². The molecule has 0 aliphatic carbocycles. The van der Waals surface area contributed by atoms with Crippen molar-refractivity contribution < 1.29 is 9.21 Å². The minimum atomic E-state index is 0.124. The van der Waals surface area contributed by atoms with Crippen LogP contribution in [-0.2, 0) is 11.2 Å². The smallest absolute Gasteiger partial charge is 0.227 e. The number of likely N-dealkylation sites (tertiary alicyclic amines) is 1. The van der Waals surface area contributed by atoms with Gasteiger partial charge in [0, 0.05) is 30.1 Å². The third kappa shape index (κ3) is 2.49.